The van der Waals surface area contributed by atoms with Crippen LogP contribution in [0.15, 0.2) is 30.3 Å². The molecule has 0 heterocycles. The molecule has 1 heteroatoms. The van der Waals surface area contributed by atoms with Crippen LogP contribution in [-0.4, -0.2) is 6.29 Å². The monoisotopic (exact) mass is 174 g/mol. The van der Waals surface area contributed by atoms with Gasteiger partial charge in [-0.25, -0.2) is 0 Å². The van der Waals surface area contributed by atoms with Crippen molar-refractivity contribution in [2.24, 2.45) is 5.92 Å². The van der Waals surface area contributed by atoms with Gasteiger partial charge in [0.05, 0.1) is 0 Å². The van der Waals surface area contributed by atoms with Gasteiger partial charge in [-0.3, -0.25) is 0 Å². The van der Waals surface area contributed by atoms with E-state index >= 15 is 0 Å². The number of carbonyl (C=O) groups excluding carboxylic acids is 1. The van der Waals surface area contributed by atoms with Crippen LogP contribution < -0.4 is 0 Å². The molecule has 0 aliphatic heterocycles. The van der Waals surface area contributed by atoms with Crippen LogP contribution in [0.25, 0.3) is 0 Å². The van der Waals surface area contributed by atoms with Gasteiger partial charge >= 0.3 is 0 Å². The van der Waals surface area contributed by atoms with Crippen LogP contribution in [-0.2, 0) is 4.79 Å². The van der Waals surface area contributed by atoms with Crippen molar-refractivity contribution in [1.29, 1.82) is 0 Å². The van der Waals surface area contributed by atoms with Crippen molar-refractivity contribution in [2.75, 3.05) is 0 Å². The SMILES string of the molecule is O=CC1CCC(c2ccccc2)C1. The summed E-state index contributed by atoms with van der Waals surface area (Å²) in [6.07, 6.45) is 4.41. The first-order chi connectivity index (χ1) is 6.40. The van der Waals surface area contributed by atoms with E-state index in [1.165, 1.54) is 12.0 Å². The molecule has 1 saturated carbocycles. The highest BCUT2D eigenvalue weighted by molar-refractivity contribution is 5.54. The molecule has 2 atom stereocenters. The fraction of sp³-hybridized carbons (Fsp3) is 0.417. The van der Waals surface area contributed by atoms with E-state index in [9.17, 15) is 4.79 Å². The van der Waals surface area contributed by atoms with Gasteiger partial charge in [0.25, 0.3) is 0 Å². The summed E-state index contributed by atoms with van der Waals surface area (Å²) in [5, 5.41) is 0. The molecule has 1 nitrogen and oxygen atoms in total. The maximum absolute atomic E-state index is 10.6. The molecule has 0 saturated heterocycles. The van der Waals surface area contributed by atoms with Crippen LogP contribution >= 0.6 is 0 Å². The van der Waals surface area contributed by atoms with Crippen LogP contribution in [0.3, 0.4) is 0 Å². The smallest absolute Gasteiger partial charge is 0.123 e. The Hall–Kier alpha value is -1.11. The van der Waals surface area contributed by atoms with Crippen molar-refractivity contribution >= 4 is 6.29 Å². The lowest BCUT2D eigenvalue weighted by molar-refractivity contribution is -0.110. The first kappa shape index (κ1) is 8.49. The van der Waals surface area contributed by atoms with Gasteiger partial charge in [0.1, 0.15) is 6.29 Å². The average molecular weight is 174 g/mol. The largest absolute Gasteiger partial charge is 0.303 e. The Bertz CT molecular complexity index is 278. The van der Waals surface area contributed by atoms with Gasteiger partial charge in [-0.2, -0.15) is 0 Å². The third kappa shape index (κ3) is 1.80. The molecule has 0 bridgehead atoms. The fourth-order valence-corrected chi connectivity index (χ4v) is 2.17. The molecule has 1 aliphatic carbocycles. The Balaban J connectivity index is 2.08. The third-order valence-electron chi connectivity index (χ3n) is 2.94. The lowest BCUT2D eigenvalue weighted by Gasteiger charge is -2.08. The molecule has 0 amide bonds. The van der Waals surface area contributed by atoms with E-state index in [4.69, 9.17) is 0 Å². The van der Waals surface area contributed by atoms with Gasteiger partial charge in [0.15, 0.2) is 0 Å². The predicted octanol–water partition coefficient (Wildman–Crippen LogP) is 2.77. The summed E-state index contributed by atoms with van der Waals surface area (Å²) in [5.74, 6) is 0.932. The number of aldehydes is 1. The molecule has 1 aliphatic rings. The molecule has 0 aromatic heterocycles. The summed E-state index contributed by atoms with van der Waals surface area (Å²) in [5.41, 5.74) is 1.40. The van der Waals surface area contributed by atoms with Crippen molar-refractivity contribution in [2.45, 2.75) is 25.2 Å². The summed E-state index contributed by atoms with van der Waals surface area (Å²) in [6, 6.07) is 10.5. The Kier molecular flexibility index (Phi) is 2.44. The lowest BCUT2D eigenvalue weighted by atomic mass is 9.97. The average Bonchev–Trinajstić information content (AvgIpc) is 2.67. The molecular weight excluding hydrogens is 160 g/mol. The van der Waals surface area contributed by atoms with Gasteiger partial charge in [-0.1, -0.05) is 30.3 Å². The molecular formula is C12H14O. The first-order valence-electron chi connectivity index (χ1n) is 4.90. The lowest BCUT2D eigenvalue weighted by Crippen LogP contribution is -1.96. The second-order valence-corrected chi connectivity index (χ2v) is 3.82. The number of rotatable bonds is 2. The molecule has 0 N–H and O–H groups in total. The zero-order valence-corrected chi connectivity index (χ0v) is 7.65. The van der Waals surface area contributed by atoms with Gasteiger partial charge in [-0.15, -0.1) is 0 Å². The number of hydrogen-bond acceptors (Lipinski definition) is 1. The van der Waals surface area contributed by atoms with Crippen LogP contribution in [0, 0.1) is 5.92 Å². The molecule has 1 fully saturated rings. The number of benzene rings is 1. The van der Waals surface area contributed by atoms with Crippen LogP contribution in [0.2, 0.25) is 0 Å². The number of carbonyl (C=O) groups is 1. The zero-order valence-electron chi connectivity index (χ0n) is 7.65. The maximum Gasteiger partial charge on any atom is 0.123 e. The molecule has 1 aromatic rings. The maximum atomic E-state index is 10.6. The van der Waals surface area contributed by atoms with Gasteiger partial charge in [0.2, 0.25) is 0 Å². The van der Waals surface area contributed by atoms with Crippen molar-refractivity contribution in [3.63, 3.8) is 0 Å². The summed E-state index contributed by atoms with van der Waals surface area (Å²) >= 11 is 0. The molecule has 68 valence electrons. The minimum atomic E-state index is 0.310. The molecule has 0 radical (unpaired) electrons. The van der Waals surface area contributed by atoms with E-state index in [2.05, 4.69) is 24.3 Å². The van der Waals surface area contributed by atoms with Crippen LogP contribution in [0.5, 0.6) is 0 Å². The summed E-state index contributed by atoms with van der Waals surface area (Å²) < 4.78 is 0. The third-order valence-corrected chi connectivity index (χ3v) is 2.94. The standard InChI is InChI=1S/C12H14O/c13-9-10-6-7-12(8-10)11-4-2-1-3-5-11/h1-5,9-10,12H,6-8H2. The van der Waals surface area contributed by atoms with E-state index in [1.54, 1.807) is 0 Å². The Labute approximate surface area is 78.8 Å². The summed E-state index contributed by atoms with van der Waals surface area (Å²) in [4.78, 5) is 10.6. The highest BCUT2D eigenvalue weighted by Gasteiger charge is 2.24. The van der Waals surface area contributed by atoms with E-state index in [1.807, 2.05) is 6.07 Å². The topological polar surface area (TPSA) is 17.1 Å². The summed E-state index contributed by atoms with van der Waals surface area (Å²) in [7, 11) is 0. The van der Waals surface area contributed by atoms with E-state index in [0.29, 0.717) is 11.8 Å². The molecule has 2 rings (SSSR count). The Morgan fingerprint density at radius 3 is 2.54 bits per heavy atom. The zero-order chi connectivity index (χ0) is 9.10. The van der Waals surface area contributed by atoms with Crippen molar-refractivity contribution in [3.05, 3.63) is 35.9 Å². The van der Waals surface area contributed by atoms with Crippen molar-refractivity contribution < 1.29 is 4.79 Å². The molecule has 1 aromatic carbocycles. The second-order valence-electron chi connectivity index (χ2n) is 3.82. The first-order valence-corrected chi connectivity index (χ1v) is 4.90. The number of hydrogen-bond donors (Lipinski definition) is 0. The van der Waals surface area contributed by atoms with Gasteiger partial charge in [0, 0.05) is 5.92 Å². The predicted molar refractivity (Wildman–Crippen MR) is 52.6 cm³/mol. The molecule has 2 unspecified atom stereocenters. The van der Waals surface area contributed by atoms with E-state index < -0.39 is 0 Å². The fourth-order valence-electron chi connectivity index (χ4n) is 2.17. The van der Waals surface area contributed by atoms with Crippen LogP contribution in [0.4, 0.5) is 0 Å². The van der Waals surface area contributed by atoms with Gasteiger partial charge < -0.3 is 4.79 Å². The van der Waals surface area contributed by atoms with Gasteiger partial charge in [-0.05, 0) is 30.7 Å². The second kappa shape index (κ2) is 3.73. The summed E-state index contributed by atoms with van der Waals surface area (Å²) in [6.45, 7) is 0. The molecule has 13 heavy (non-hydrogen) atoms. The van der Waals surface area contributed by atoms with E-state index in [-0.39, 0.29) is 0 Å². The highest BCUT2D eigenvalue weighted by atomic mass is 16.1. The van der Waals surface area contributed by atoms with Crippen molar-refractivity contribution in [3.8, 4) is 0 Å². The van der Waals surface area contributed by atoms with Crippen LogP contribution in [0.1, 0.15) is 30.7 Å². The normalized spacial score (nSPS) is 27.4. The quantitative estimate of drug-likeness (QED) is 0.630. The molecule has 0 spiro atoms. The minimum Gasteiger partial charge on any atom is -0.303 e. The Morgan fingerprint density at radius 2 is 1.92 bits per heavy atom. The van der Waals surface area contributed by atoms with E-state index in [0.717, 1.165) is 19.1 Å². The minimum absolute atomic E-state index is 0.310. The van der Waals surface area contributed by atoms with Crippen molar-refractivity contribution in [1.82, 2.24) is 0 Å². The Morgan fingerprint density at radius 1 is 1.15 bits per heavy atom. The highest BCUT2D eigenvalue weighted by Crippen LogP contribution is 2.36.